The highest BCUT2D eigenvalue weighted by atomic mass is 16.8. The molecule has 1 saturated heterocycles. The van der Waals surface area contributed by atoms with Crippen molar-refractivity contribution in [3.8, 4) is 0 Å². The van der Waals surface area contributed by atoms with Crippen LogP contribution in [0.2, 0.25) is 0 Å². The fourth-order valence-electron chi connectivity index (χ4n) is 4.15. The topological polar surface area (TPSA) is 54.1 Å². The molecule has 3 rings (SSSR count). The summed E-state index contributed by atoms with van der Waals surface area (Å²) < 4.78 is 11.0. The van der Waals surface area contributed by atoms with E-state index in [-0.39, 0.29) is 11.4 Å². The van der Waals surface area contributed by atoms with Crippen molar-refractivity contribution < 1.29 is 14.3 Å². The highest BCUT2D eigenvalue weighted by Crippen LogP contribution is 2.55. The van der Waals surface area contributed by atoms with E-state index in [4.69, 9.17) is 9.47 Å². The van der Waals surface area contributed by atoms with Gasteiger partial charge in [-0.05, 0) is 53.9 Å². The quantitative estimate of drug-likeness (QED) is 0.365. The van der Waals surface area contributed by atoms with E-state index in [1.165, 1.54) is 0 Å². The first kappa shape index (κ1) is 30.0. The van der Waals surface area contributed by atoms with Gasteiger partial charge in [-0.3, -0.25) is 9.69 Å². The van der Waals surface area contributed by atoms with E-state index in [0.717, 1.165) is 37.3 Å². The van der Waals surface area contributed by atoms with Gasteiger partial charge in [0.1, 0.15) is 5.60 Å². The zero-order valence-corrected chi connectivity index (χ0v) is 22.8. The molecule has 0 saturated carbocycles. The highest BCUT2D eigenvalue weighted by molar-refractivity contribution is 6.02. The summed E-state index contributed by atoms with van der Waals surface area (Å²) in [6.07, 6.45) is 0. The van der Waals surface area contributed by atoms with Gasteiger partial charge in [-0.25, -0.2) is 0 Å². The van der Waals surface area contributed by atoms with E-state index >= 15 is 0 Å². The van der Waals surface area contributed by atoms with Crippen molar-refractivity contribution >= 4 is 5.78 Å². The van der Waals surface area contributed by atoms with Crippen molar-refractivity contribution in [3.63, 3.8) is 0 Å². The number of epoxide rings is 1. The number of Topliss-reactive ketones (excluding diaryl/α,β-unsaturated/α-hetero) is 1. The number of ether oxygens (including phenoxy) is 2. The SMILES string of the molecule is CCN(CC)C(C)(C)C(=O)c1ccccc1.CCNCC.COC1(c2ccccc2)OC1(C)C. The average Bonchev–Trinajstić information content (AvgIpc) is 3.44. The van der Waals surface area contributed by atoms with Crippen molar-refractivity contribution in [1.82, 2.24) is 10.2 Å². The monoisotopic (exact) mass is 470 g/mol. The number of carbonyl (C=O) groups is 1. The maximum atomic E-state index is 12.4. The Kier molecular flexibility index (Phi) is 12.1. The highest BCUT2D eigenvalue weighted by Gasteiger charge is 2.66. The molecule has 1 aliphatic heterocycles. The minimum Gasteiger partial charge on any atom is -0.347 e. The summed E-state index contributed by atoms with van der Waals surface area (Å²) in [5.41, 5.74) is 1.25. The number of likely N-dealkylation sites (N-methyl/N-ethyl adjacent to an activating group) is 1. The van der Waals surface area contributed by atoms with Gasteiger partial charge in [0.15, 0.2) is 5.78 Å². The van der Waals surface area contributed by atoms with E-state index in [1.54, 1.807) is 7.11 Å². The number of nitrogens with one attached hydrogen (secondary N) is 1. The van der Waals surface area contributed by atoms with Gasteiger partial charge in [0.25, 0.3) is 0 Å². The first-order valence-corrected chi connectivity index (χ1v) is 12.4. The van der Waals surface area contributed by atoms with Crippen LogP contribution in [0.25, 0.3) is 0 Å². The normalized spacial score (nSPS) is 18.3. The van der Waals surface area contributed by atoms with Crippen LogP contribution < -0.4 is 5.32 Å². The third kappa shape index (κ3) is 7.47. The number of methoxy groups -OCH3 is 1. The van der Waals surface area contributed by atoms with Crippen LogP contribution in [0.5, 0.6) is 0 Å². The van der Waals surface area contributed by atoms with Gasteiger partial charge in [-0.2, -0.15) is 0 Å². The summed E-state index contributed by atoms with van der Waals surface area (Å²) in [6.45, 7) is 20.4. The molecule has 0 bridgehead atoms. The molecular weight excluding hydrogens is 424 g/mol. The fraction of sp³-hybridized carbons (Fsp3) is 0.552. The van der Waals surface area contributed by atoms with E-state index in [0.29, 0.717) is 0 Å². The van der Waals surface area contributed by atoms with E-state index in [2.05, 4.69) is 37.9 Å². The van der Waals surface area contributed by atoms with Crippen molar-refractivity contribution in [2.24, 2.45) is 0 Å². The van der Waals surface area contributed by atoms with Crippen LogP contribution in [0, 0.1) is 0 Å². The molecule has 1 aliphatic rings. The van der Waals surface area contributed by atoms with E-state index in [9.17, 15) is 4.79 Å². The molecular formula is C29H46N2O3. The number of hydrogen-bond acceptors (Lipinski definition) is 5. The molecule has 5 heteroatoms. The predicted molar refractivity (Wildman–Crippen MR) is 142 cm³/mol. The third-order valence-corrected chi connectivity index (χ3v) is 6.24. The Morgan fingerprint density at radius 3 is 1.68 bits per heavy atom. The van der Waals surface area contributed by atoms with Crippen LogP contribution in [-0.2, 0) is 15.3 Å². The Morgan fingerprint density at radius 2 is 1.35 bits per heavy atom. The minimum absolute atomic E-state index is 0.191. The molecule has 1 atom stereocenters. The standard InChI is InChI=1S/C14H21NO.C11H14O2.C4H11N/c1-5-15(6-2)14(3,4)13(16)12-10-8-7-9-11-12;1-10(2)11(12-3,13-10)9-7-5-4-6-8-9;1-3-5-4-2/h7-11H,5-6H2,1-4H3;4-8H,1-3H3;5H,3-4H2,1-2H3. The Labute approximate surface area is 207 Å². The maximum absolute atomic E-state index is 12.4. The molecule has 190 valence electrons. The first-order valence-electron chi connectivity index (χ1n) is 12.4. The summed E-state index contributed by atoms with van der Waals surface area (Å²) in [5, 5.41) is 3.11. The second-order valence-electron chi connectivity index (χ2n) is 9.18. The second kappa shape index (κ2) is 13.7. The molecule has 2 aromatic carbocycles. The Bertz CT molecular complexity index is 831. The molecule has 5 nitrogen and oxygen atoms in total. The lowest BCUT2D eigenvalue weighted by Gasteiger charge is -2.35. The van der Waals surface area contributed by atoms with Gasteiger partial charge in [0.05, 0.1) is 5.54 Å². The summed E-state index contributed by atoms with van der Waals surface area (Å²) in [4.78, 5) is 14.6. The smallest absolute Gasteiger partial charge is 0.225 e. The van der Waals surface area contributed by atoms with Gasteiger partial charge in [0.2, 0.25) is 5.79 Å². The Morgan fingerprint density at radius 1 is 0.912 bits per heavy atom. The third-order valence-electron chi connectivity index (χ3n) is 6.24. The zero-order chi connectivity index (χ0) is 25.8. The molecule has 0 aliphatic carbocycles. The van der Waals surface area contributed by atoms with Crippen molar-refractivity contribution in [1.29, 1.82) is 0 Å². The maximum Gasteiger partial charge on any atom is 0.225 e. The molecule has 2 aromatic rings. The van der Waals surface area contributed by atoms with E-state index in [1.807, 2.05) is 88.4 Å². The number of ketones is 1. The largest absolute Gasteiger partial charge is 0.347 e. The number of carbonyl (C=O) groups excluding carboxylic acids is 1. The van der Waals surface area contributed by atoms with Gasteiger partial charge in [0, 0.05) is 18.2 Å². The van der Waals surface area contributed by atoms with Gasteiger partial charge >= 0.3 is 0 Å². The molecule has 0 radical (unpaired) electrons. The lowest BCUT2D eigenvalue weighted by molar-refractivity contribution is -0.0147. The molecule has 0 aromatic heterocycles. The summed E-state index contributed by atoms with van der Waals surface area (Å²) in [6, 6.07) is 19.5. The number of rotatable bonds is 9. The Balaban J connectivity index is 0.000000288. The lowest BCUT2D eigenvalue weighted by atomic mass is 9.91. The van der Waals surface area contributed by atoms with Crippen LogP contribution in [-0.4, -0.2) is 55.1 Å². The molecule has 1 heterocycles. The zero-order valence-electron chi connectivity index (χ0n) is 22.8. The molecule has 1 fully saturated rings. The van der Waals surface area contributed by atoms with E-state index < -0.39 is 11.3 Å². The van der Waals surface area contributed by atoms with Crippen LogP contribution in [0.15, 0.2) is 60.7 Å². The molecule has 34 heavy (non-hydrogen) atoms. The molecule has 1 unspecified atom stereocenters. The lowest BCUT2D eigenvalue weighted by Crippen LogP contribution is -2.49. The van der Waals surface area contributed by atoms with Crippen LogP contribution in [0.3, 0.4) is 0 Å². The van der Waals surface area contributed by atoms with Gasteiger partial charge in [-0.1, -0.05) is 88.4 Å². The summed E-state index contributed by atoms with van der Waals surface area (Å²) in [7, 11) is 1.68. The van der Waals surface area contributed by atoms with Gasteiger partial charge in [-0.15, -0.1) is 0 Å². The van der Waals surface area contributed by atoms with Crippen LogP contribution in [0.4, 0.5) is 0 Å². The van der Waals surface area contributed by atoms with Crippen molar-refractivity contribution in [2.75, 3.05) is 33.3 Å². The molecule has 1 N–H and O–H groups in total. The predicted octanol–water partition coefficient (Wildman–Crippen LogP) is 5.90. The minimum atomic E-state index is -0.520. The number of hydrogen-bond donors (Lipinski definition) is 1. The van der Waals surface area contributed by atoms with Gasteiger partial charge < -0.3 is 14.8 Å². The number of nitrogens with zero attached hydrogens (tertiary/aromatic N) is 1. The van der Waals surface area contributed by atoms with Crippen molar-refractivity contribution in [2.45, 2.75) is 72.3 Å². The Hall–Kier alpha value is -2.05. The second-order valence-corrected chi connectivity index (χ2v) is 9.18. The van der Waals surface area contributed by atoms with Crippen LogP contribution >= 0.6 is 0 Å². The first-order chi connectivity index (χ1) is 16.1. The van der Waals surface area contributed by atoms with Crippen molar-refractivity contribution in [3.05, 3.63) is 71.8 Å². The average molecular weight is 471 g/mol. The van der Waals surface area contributed by atoms with Crippen LogP contribution in [0.1, 0.15) is 71.3 Å². The molecule has 0 spiro atoms. The molecule has 0 amide bonds. The summed E-state index contributed by atoms with van der Waals surface area (Å²) >= 11 is 0. The number of benzene rings is 2. The fourth-order valence-corrected chi connectivity index (χ4v) is 4.15. The summed E-state index contributed by atoms with van der Waals surface area (Å²) in [5.74, 6) is -0.328.